The Bertz CT molecular complexity index is 1900. The first-order valence-corrected chi connectivity index (χ1v) is 12.8. The van der Waals surface area contributed by atoms with Crippen molar-refractivity contribution >= 4 is 55.5 Å². The Kier molecular flexibility index (Phi) is 5.54. The zero-order valence-electron chi connectivity index (χ0n) is 21.1. The first-order valence-electron chi connectivity index (χ1n) is 12.0. The summed E-state index contributed by atoms with van der Waals surface area (Å²) in [5.74, 6) is -2.22. The van der Waals surface area contributed by atoms with E-state index in [0.717, 1.165) is 15.8 Å². The minimum atomic E-state index is -1.15. The SMILES string of the molecule is Cc1cc(C)c2nc(N3C(=O)C(=O)/C(=C(/O)c4c(C)nc5ccccn45)C3c3cccc([N+](=O)[O-])c3)sc2c1. The molecule has 1 fully saturated rings. The zero-order valence-corrected chi connectivity index (χ0v) is 21.9. The molecule has 6 rings (SSSR count). The van der Waals surface area contributed by atoms with E-state index in [9.17, 15) is 24.8 Å². The van der Waals surface area contributed by atoms with Crippen molar-refractivity contribution in [1.29, 1.82) is 0 Å². The summed E-state index contributed by atoms with van der Waals surface area (Å²) in [6, 6.07) is 13.8. The normalized spacial score (nSPS) is 17.0. The molecule has 39 heavy (non-hydrogen) atoms. The number of aromatic nitrogens is 3. The molecule has 1 amide bonds. The van der Waals surface area contributed by atoms with Gasteiger partial charge in [-0.2, -0.15) is 0 Å². The largest absolute Gasteiger partial charge is 0.505 e. The van der Waals surface area contributed by atoms with Crippen LogP contribution in [0.5, 0.6) is 0 Å². The molecule has 0 radical (unpaired) electrons. The molecule has 1 N–H and O–H groups in total. The predicted octanol–water partition coefficient (Wildman–Crippen LogP) is 5.40. The number of carbonyl (C=O) groups is 2. The number of carbonyl (C=O) groups excluding carboxylic acids is 2. The third-order valence-corrected chi connectivity index (χ3v) is 7.80. The third kappa shape index (κ3) is 3.77. The van der Waals surface area contributed by atoms with E-state index in [1.54, 1.807) is 41.8 Å². The van der Waals surface area contributed by atoms with Gasteiger partial charge in [0.15, 0.2) is 10.9 Å². The Labute approximate surface area is 225 Å². The van der Waals surface area contributed by atoms with E-state index < -0.39 is 28.4 Å². The standard InChI is InChI=1S/C28H21N5O5S/c1-14-11-15(2)22-19(12-14)39-28(30-22)32-24(17-7-6-8-18(13-17)33(37)38)21(26(35)27(32)36)25(34)23-16(3)29-20-9-4-5-10-31(20)23/h4-13,24,34H,1-3H3/b25-21+. The van der Waals surface area contributed by atoms with Crippen molar-refractivity contribution in [3.63, 3.8) is 0 Å². The topological polar surface area (TPSA) is 131 Å². The number of aliphatic hydroxyl groups excluding tert-OH is 1. The van der Waals surface area contributed by atoms with Gasteiger partial charge in [0, 0.05) is 18.3 Å². The fourth-order valence-electron chi connectivity index (χ4n) is 5.14. The number of thiazole rings is 1. The number of imidazole rings is 1. The highest BCUT2D eigenvalue weighted by Gasteiger charge is 2.49. The van der Waals surface area contributed by atoms with Crippen LogP contribution in [-0.2, 0) is 9.59 Å². The number of hydrogen-bond donors (Lipinski definition) is 1. The average Bonchev–Trinajstić information content (AvgIpc) is 3.55. The molecule has 0 saturated carbocycles. The van der Waals surface area contributed by atoms with Crippen LogP contribution < -0.4 is 4.90 Å². The fraction of sp³-hybridized carbons (Fsp3) is 0.143. The number of fused-ring (bicyclic) bond motifs is 2. The second-order valence-corrected chi connectivity index (χ2v) is 10.4. The van der Waals surface area contributed by atoms with Gasteiger partial charge in [0.05, 0.1) is 32.4 Å². The van der Waals surface area contributed by atoms with Gasteiger partial charge in [0.25, 0.3) is 11.5 Å². The van der Waals surface area contributed by atoms with Crippen LogP contribution in [0.3, 0.4) is 0 Å². The van der Waals surface area contributed by atoms with E-state index in [1.165, 1.54) is 34.4 Å². The molecule has 10 nitrogen and oxygen atoms in total. The van der Waals surface area contributed by atoms with Crippen molar-refractivity contribution in [2.75, 3.05) is 4.90 Å². The van der Waals surface area contributed by atoms with Gasteiger partial charge in [0.1, 0.15) is 11.3 Å². The Morgan fingerprint density at radius 1 is 1.05 bits per heavy atom. The van der Waals surface area contributed by atoms with Crippen molar-refractivity contribution in [3.8, 4) is 0 Å². The van der Waals surface area contributed by atoms with E-state index in [4.69, 9.17) is 4.98 Å². The molecule has 1 atom stereocenters. The number of aliphatic hydroxyl groups is 1. The number of pyridine rings is 1. The monoisotopic (exact) mass is 539 g/mol. The summed E-state index contributed by atoms with van der Waals surface area (Å²) in [7, 11) is 0. The highest BCUT2D eigenvalue weighted by atomic mass is 32.1. The lowest BCUT2D eigenvalue weighted by Crippen LogP contribution is -2.29. The minimum Gasteiger partial charge on any atom is -0.505 e. The van der Waals surface area contributed by atoms with Gasteiger partial charge in [-0.15, -0.1) is 0 Å². The number of aryl methyl sites for hydroxylation is 3. The van der Waals surface area contributed by atoms with Crippen LogP contribution >= 0.6 is 11.3 Å². The van der Waals surface area contributed by atoms with Crippen LogP contribution in [-0.4, -0.2) is 36.1 Å². The molecule has 0 bridgehead atoms. The molecular formula is C28H21N5O5S. The predicted molar refractivity (Wildman–Crippen MR) is 147 cm³/mol. The molecule has 1 aliphatic rings. The van der Waals surface area contributed by atoms with Crippen LogP contribution in [0, 0.1) is 30.9 Å². The lowest BCUT2D eigenvalue weighted by atomic mass is 9.96. The van der Waals surface area contributed by atoms with Gasteiger partial charge in [-0.05, 0) is 55.7 Å². The van der Waals surface area contributed by atoms with Crippen LogP contribution in [0.1, 0.15) is 34.1 Å². The highest BCUT2D eigenvalue weighted by molar-refractivity contribution is 7.22. The number of non-ortho nitro benzene ring substituents is 1. The smallest absolute Gasteiger partial charge is 0.301 e. The van der Waals surface area contributed by atoms with Gasteiger partial charge < -0.3 is 5.11 Å². The second kappa shape index (κ2) is 8.84. The number of nitro groups is 1. The molecule has 0 spiro atoms. The minimum absolute atomic E-state index is 0.193. The van der Waals surface area contributed by atoms with Crippen LogP contribution in [0.4, 0.5) is 10.8 Å². The number of benzene rings is 2. The molecule has 1 unspecified atom stereocenters. The van der Waals surface area contributed by atoms with Crippen LogP contribution in [0.2, 0.25) is 0 Å². The number of nitro benzene ring substituents is 1. The van der Waals surface area contributed by atoms with Crippen LogP contribution in [0.25, 0.3) is 21.6 Å². The van der Waals surface area contributed by atoms with E-state index in [0.29, 0.717) is 22.4 Å². The first-order chi connectivity index (χ1) is 18.7. The van der Waals surface area contributed by atoms with Crippen molar-refractivity contribution in [2.24, 2.45) is 0 Å². The van der Waals surface area contributed by atoms with Crippen molar-refractivity contribution in [1.82, 2.24) is 14.4 Å². The molecular weight excluding hydrogens is 518 g/mol. The summed E-state index contributed by atoms with van der Waals surface area (Å²) in [5.41, 5.74) is 3.79. The summed E-state index contributed by atoms with van der Waals surface area (Å²) < 4.78 is 2.46. The molecule has 4 heterocycles. The first kappa shape index (κ1) is 24.4. The van der Waals surface area contributed by atoms with Gasteiger partial charge in [-0.3, -0.25) is 29.0 Å². The number of Topliss-reactive ketones (excluding diaryl/α,β-unsaturated/α-hetero) is 1. The lowest BCUT2D eigenvalue weighted by molar-refractivity contribution is -0.384. The molecule has 2 aromatic carbocycles. The Morgan fingerprint density at radius 3 is 2.62 bits per heavy atom. The maximum atomic E-state index is 13.6. The molecule has 0 aliphatic carbocycles. The number of ketones is 1. The number of rotatable bonds is 4. The molecule has 1 saturated heterocycles. The van der Waals surface area contributed by atoms with Crippen molar-refractivity contribution in [2.45, 2.75) is 26.8 Å². The summed E-state index contributed by atoms with van der Waals surface area (Å²) in [5, 5.41) is 23.5. The van der Waals surface area contributed by atoms with Gasteiger partial charge >= 0.3 is 5.91 Å². The molecule has 11 heteroatoms. The molecule has 1 aliphatic heterocycles. The summed E-state index contributed by atoms with van der Waals surface area (Å²) in [6.45, 7) is 5.57. The Morgan fingerprint density at radius 2 is 1.85 bits per heavy atom. The maximum Gasteiger partial charge on any atom is 0.301 e. The lowest BCUT2D eigenvalue weighted by Gasteiger charge is -2.22. The molecule has 194 valence electrons. The van der Waals surface area contributed by atoms with E-state index in [2.05, 4.69) is 4.98 Å². The van der Waals surface area contributed by atoms with E-state index in [-0.39, 0.29) is 22.1 Å². The number of amides is 1. The van der Waals surface area contributed by atoms with Crippen molar-refractivity contribution in [3.05, 3.63) is 105 Å². The zero-order chi connectivity index (χ0) is 27.6. The van der Waals surface area contributed by atoms with E-state index >= 15 is 0 Å². The average molecular weight is 540 g/mol. The van der Waals surface area contributed by atoms with Gasteiger partial charge in [-0.25, -0.2) is 9.97 Å². The summed E-state index contributed by atoms with van der Waals surface area (Å²) in [4.78, 5) is 48.7. The third-order valence-electron chi connectivity index (χ3n) is 6.79. The molecule has 3 aromatic heterocycles. The molecule has 5 aromatic rings. The summed E-state index contributed by atoms with van der Waals surface area (Å²) in [6.07, 6.45) is 1.70. The van der Waals surface area contributed by atoms with Crippen molar-refractivity contribution < 1.29 is 19.6 Å². The Balaban J connectivity index is 1.64. The quantitative estimate of drug-likeness (QED) is 0.106. The number of anilines is 1. The van der Waals surface area contributed by atoms with Crippen LogP contribution in [0.15, 0.2) is 66.4 Å². The summed E-state index contributed by atoms with van der Waals surface area (Å²) >= 11 is 1.24. The highest BCUT2D eigenvalue weighted by Crippen LogP contribution is 2.45. The number of nitrogens with zero attached hydrogens (tertiary/aromatic N) is 5. The Hall–Kier alpha value is -4.90. The van der Waals surface area contributed by atoms with Gasteiger partial charge in [0.2, 0.25) is 0 Å². The maximum absolute atomic E-state index is 13.6. The second-order valence-electron chi connectivity index (χ2n) is 9.42. The number of hydrogen-bond acceptors (Lipinski definition) is 8. The van der Waals surface area contributed by atoms with E-state index in [1.807, 2.05) is 26.0 Å². The van der Waals surface area contributed by atoms with Gasteiger partial charge in [-0.1, -0.05) is 35.6 Å². The fourth-order valence-corrected chi connectivity index (χ4v) is 6.31.